The highest BCUT2D eigenvalue weighted by Crippen LogP contribution is 2.17. The van der Waals surface area contributed by atoms with E-state index in [0.29, 0.717) is 0 Å². The van der Waals surface area contributed by atoms with Gasteiger partial charge in [0.2, 0.25) is 0 Å². The fourth-order valence-electron chi connectivity index (χ4n) is 2.07. The van der Waals surface area contributed by atoms with Crippen LogP contribution in [0, 0.1) is 6.92 Å². The molecule has 0 saturated carbocycles. The molecule has 0 aromatic heterocycles. The van der Waals surface area contributed by atoms with Crippen molar-refractivity contribution in [1.29, 1.82) is 0 Å². The summed E-state index contributed by atoms with van der Waals surface area (Å²) in [7, 11) is 0. The molecule has 0 radical (unpaired) electrons. The molecule has 2 aromatic rings. The molecule has 2 rings (SSSR count). The van der Waals surface area contributed by atoms with E-state index in [1.807, 2.05) is 30.3 Å². The Morgan fingerprint density at radius 3 is 2.30 bits per heavy atom. The Morgan fingerprint density at radius 1 is 1.05 bits per heavy atom. The van der Waals surface area contributed by atoms with E-state index >= 15 is 0 Å². The van der Waals surface area contributed by atoms with Crippen LogP contribution in [0.25, 0.3) is 0 Å². The van der Waals surface area contributed by atoms with Crippen LogP contribution in [0.5, 0.6) is 0 Å². The van der Waals surface area contributed by atoms with Crippen LogP contribution in [0.4, 0.5) is 10.5 Å². The molecule has 3 nitrogen and oxygen atoms in total. The molecule has 0 bridgehead atoms. The van der Waals surface area contributed by atoms with Crippen molar-refractivity contribution in [2.24, 2.45) is 0 Å². The van der Waals surface area contributed by atoms with Crippen LogP contribution in [0.1, 0.15) is 30.5 Å². The molecule has 0 saturated heterocycles. The number of carbonyl (C=O) groups is 1. The number of nitrogens with one attached hydrogen (secondary N) is 2. The number of hydrogen-bond donors (Lipinski definition) is 2. The molecule has 1 atom stereocenters. The minimum absolute atomic E-state index is 0.0271. The number of carbonyl (C=O) groups excluding carboxylic acids is 1. The lowest BCUT2D eigenvalue weighted by atomic mass is 10.0. The van der Waals surface area contributed by atoms with Crippen molar-refractivity contribution in [3.63, 3.8) is 0 Å². The summed E-state index contributed by atoms with van der Waals surface area (Å²) < 4.78 is 0. The van der Waals surface area contributed by atoms with Gasteiger partial charge in [0.25, 0.3) is 0 Å². The highest BCUT2D eigenvalue weighted by Gasteiger charge is 2.12. The second-order valence-electron chi connectivity index (χ2n) is 4.84. The van der Waals surface area contributed by atoms with E-state index in [1.165, 1.54) is 5.56 Å². The maximum Gasteiger partial charge on any atom is 0.319 e. The van der Waals surface area contributed by atoms with Crippen molar-refractivity contribution >= 4 is 11.7 Å². The number of hydrogen-bond acceptors (Lipinski definition) is 1. The lowest BCUT2D eigenvalue weighted by Gasteiger charge is -2.18. The predicted octanol–water partition coefficient (Wildman–Crippen LogP) is 4.27. The Morgan fingerprint density at radius 2 is 1.70 bits per heavy atom. The number of amides is 2. The van der Waals surface area contributed by atoms with E-state index in [-0.39, 0.29) is 12.1 Å². The quantitative estimate of drug-likeness (QED) is 0.854. The molecule has 0 spiro atoms. The van der Waals surface area contributed by atoms with Gasteiger partial charge in [0.05, 0.1) is 6.04 Å². The third kappa shape index (κ3) is 3.85. The Balaban J connectivity index is 1.99. The minimum Gasteiger partial charge on any atom is -0.331 e. The monoisotopic (exact) mass is 268 g/mol. The second kappa shape index (κ2) is 6.75. The van der Waals surface area contributed by atoms with Gasteiger partial charge in [-0.15, -0.1) is 0 Å². The topological polar surface area (TPSA) is 41.1 Å². The summed E-state index contributed by atoms with van der Waals surface area (Å²) in [5.41, 5.74) is 3.14. The number of benzene rings is 2. The van der Waals surface area contributed by atoms with Crippen LogP contribution >= 0.6 is 0 Å². The van der Waals surface area contributed by atoms with Crippen molar-refractivity contribution in [3.05, 3.63) is 65.7 Å². The highest BCUT2D eigenvalue weighted by molar-refractivity contribution is 5.89. The standard InChI is InChI=1S/C17H20N2O/c1-3-16(14-11-9-13(2)10-12-14)19-17(20)18-15-7-5-4-6-8-15/h4-12,16H,3H2,1-2H3,(H2,18,19,20). The molecule has 0 heterocycles. The fraction of sp³-hybridized carbons (Fsp3) is 0.235. The largest absolute Gasteiger partial charge is 0.331 e. The third-order valence-corrected chi connectivity index (χ3v) is 3.22. The molecule has 0 fully saturated rings. The molecule has 20 heavy (non-hydrogen) atoms. The Labute approximate surface area is 120 Å². The van der Waals surface area contributed by atoms with E-state index in [4.69, 9.17) is 0 Å². The number of urea groups is 1. The van der Waals surface area contributed by atoms with Crippen LogP contribution in [-0.2, 0) is 0 Å². The van der Waals surface area contributed by atoms with Gasteiger partial charge in [-0.1, -0.05) is 55.0 Å². The van der Waals surface area contributed by atoms with Gasteiger partial charge >= 0.3 is 6.03 Å². The van der Waals surface area contributed by atoms with Gasteiger partial charge in [-0.25, -0.2) is 4.79 Å². The smallest absolute Gasteiger partial charge is 0.319 e. The molecule has 104 valence electrons. The van der Waals surface area contributed by atoms with E-state index in [1.54, 1.807) is 0 Å². The average molecular weight is 268 g/mol. The van der Waals surface area contributed by atoms with Crippen LogP contribution in [-0.4, -0.2) is 6.03 Å². The number of rotatable bonds is 4. The fourth-order valence-corrected chi connectivity index (χ4v) is 2.07. The molecular weight excluding hydrogens is 248 g/mol. The molecule has 1 unspecified atom stereocenters. The van der Waals surface area contributed by atoms with E-state index in [9.17, 15) is 4.79 Å². The summed E-state index contributed by atoms with van der Waals surface area (Å²) in [5, 5.41) is 5.84. The lowest BCUT2D eigenvalue weighted by molar-refractivity contribution is 0.248. The summed E-state index contributed by atoms with van der Waals surface area (Å²) in [6, 6.07) is 17.5. The van der Waals surface area contributed by atoms with Crippen molar-refractivity contribution in [3.8, 4) is 0 Å². The van der Waals surface area contributed by atoms with Gasteiger partial charge in [-0.2, -0.15) is 0 Å². The van der Waals surface area contributed by atoms with E-state index < -0.39 is 0 Å². The first kappa shape index (κ1) is 14.1. The molecule has 2 aromatic carbocycles. The molecular formula is C17H20N2O. The summed E-state index contributed by atoms with van der Waals surface area (Å²) in [4.78, 5) is 12.0. The van der Waals surface area contributed by atoms with Crippen LogP contribution < -0.4 is 10.6 Å². The van der Waals surface area contributed by atoms with E-state index in [2.05, 4.69) is 48.7 Å². The maximum atomic E-state index is 12.0. The molecule has 0 aliphatic rings. The van der Waals surface area contributed by atoms with Gasteiger partial charge in [-0.05, 0) is 31.0 Å². The van der Waals surface area contributed by atoms with Gasteiger partial charge in [-0.3, -0.25) is 0 Å². The van der Waals surface area contributed by atoms with Gasteiger partial charge in [0.15, 0.2) is 0 Å². The molecule has 3 heteroatoms. The Kier molecular flexibility index (Phi) is 4.77. The first-order chi connectivity index (χ1) is 9.69. The van der Waals surface area contributed by atoms with Gasteiger partial charge in [0.1, 0.15) is 0 Å². The summed E-state index contributed by atoms with van der Waals surface area (Å²) >= 11 is 0. The van der Waals surface area contributed by atoms with Crippen LogP contribution in [0.15, 0.2) is 54.6 Å². The number of para-hydroxylation sites is 1. The van der Waals surface area contributed by atoms with Crippen molar-refractivity contribution in [1.82, 2.24) is 5.32 Å². The molecule has 0 aliphatic carbocycles. The Bertz CT molecular complexity index is 549. The summed E-state index contributed by atoms with van der Waals surface area (Å²) in [6.45, 7) is 4.12. The number of aryl methyl sites for hydroxylation is 1. The first-order valence-corrected chi connectivity index (χ1v) is 6.88. The third-order valence-electron chi connectivity index (χ3n) is 3.22. The van der Waals surface area contributed by atoms with Crippen molar-refractivity contribution in [2.75, 3.05) is 5.32 Å². The first-order valence-electron chi connectivity index (χ1n) is 6.88. The van der Waals surface area contributed by atoms with Gasteiger partial charge in [0, 0.05) is 5.69 Å². The maximum absolute atomic E-state index is 12.0. The van der Waals surface area contributed by atoms with E-state index in [0.717, 1.165) is 17.7 Å². The van der Waals surface area contributed by atoms with Crippen molar-refractivity contribution < 1.29 is 4.79 Å². The SMILES string of the molecule is CCC(NC(=O)Nc1ccccc1)c1ccc(C)cc1. The predicted molar refractivity (Wildman–Crippen MR) is 82.8 cm³/mol. The zero-order valence-corrected chi connectivity index (χ0v) is 11.9. The molecule has 2 N–H and O–H groups in total. The highest BCUT2D eigenvalue weighted by atomic mass is 16.2. The zero-order chi connectivity index (χ0) is 14.4. The lowest BCUT2D eigenvalue weighted by Crippen LogP contribution is -2.32. The van der Waals surface area contributed by atoms with Crippen LogP contribution in [0.2, 0.25) is 0 Å². The molecule has 0 aliphatic heterocycles. The normalized spacial score (nSPS) is 11.7. The summed E-state index contributed by atoms with van der Waals surface area (Å²) in [6.07, 6.45) is 0.852. The molecule has 2 amide bonds. The number of anilines is 1. The summed E-state index contributed by atoms with van der Waals surface area (Å²) in [5.74, 6) is 0. The van der Waals surface area contributed by atoms with Crippen LogP contribution in [0.3, 0.4) is 0 Å². The van der Waals surface area contributed by atoms with Crippen molar-refractivity contribution in [2.45, 2.75) is 26.3 Å². The second-order valence-corrected chi connectivity index (χ2v) is 4.84. The minimum atomic E-state index is -0.177. The average Bonchev–Trinajstić information content (AvgIpc) is 2.47. The zero-order valence-electron chi connectivity index (χ0n) is 11.9. The van der Waals surface area contributed by atoms with Gasteiger partial charge < -0.3 is 10.6 Å². The Hall–Kier alpha value is -2.29.